The average Bonchev–Trinajstić information content (AvgIpc) is 2.56. The molecule has 4 nitrogen and oxygen atoms in total. The molecule has 0 aliphatic carbocycles. The maximum Gasteiger partial charge on any atom is 0.468 e. The topological polar surface area (TPSA) is 63.3 Å². The highest BCUT2D eigenvalue weighted by atomic mass is 19.4. The lowest BCUT2D eigenvalue weighted by atomic mass is 9.90. The molecule has 0 saturated carbocycles. The van der Waals surface area contributed by atoms with E-state index in [0.717, 1.165) is 0 Å². The number of hydrogen-bond acceptors (Lipinski definition) is 3. The van der Waals surface area contributed by atoms with Gasteiger partial charge in [0, 0.05) is 11.8 Å². The molecule has 1 aromatic heterocycles. The Hall–Kier alpha value is -1.53. The molecule has 0 fully saturated rings. The van der Waals surface area contributed by atoms with E-state index in [4.69, 9.17) is 5.11 Å². The number of nitrogens with zero attached hydrogens (tertiary/aromatic N) is 1. The lowest BCUT2D eigenvalue weighted by molar-refractivity contribution is -0.157. The number of aliphatic carboxylic acids is 1. The van der Waals surface area contributed by atoms with Crippen LogP contribution in [0.1, 0.15) is 44.5 Å². The van der Waals surface area contributed by atoms with E-state index in [1.165, 1.54) is 0 Å². The van der Waals surface area contributed by atoms with Crippen molar-refractivity contribution in [2.45, 2.75) is 45.2 Å². The molecule has 18 heavy (non-hydrogen) atoms. The Bertz CT molecular complexity index is 443. The number of halogens is 3. The van der Waals surface area contributed by atoms with Crippen LogP contribution in [0.2, 0.25) is 0 Å². The normalized spacial score (nSPS) is 12.8. The number of carbonyl (C=O) groups is 1. The summed E-state index contributed by atoms with van der Waals surface area (Å²) in [6.45, 7) is 5.07. The highest BCUT2D eigenvalue weighted by Gasteiger charge is 2.40. The summed E-state index contributed by atoms with van der Waals surface area (Å²) in [4.78, 5) is 13.9. The van der Waals surface area contributed by atoms with Crippen molar-refractivity contribution in [1.82, 2.24) is 4.98 Å². The van der Waals surface area contributed by atoms with Crippen LogP contribution in [0.15, 0.2) is 4.42 Å². The second-order valence-corrected chi connectivity index (χ2v) is 4.93. The standard InChI is InChI=1S/C11H14F3NO3/c1-10(2,3)8-6(4-5-7(16)17)18-9(15-8)11(12,13)14/h4-5H2,1-3H3,(H,16,17). The molecule has 0 aromatic carbocycles. The molecule has 0 atom stereocenters. The fourth-order valence-electron chi connectivity index (χ4n) is 1.45. The van der Waals surface area contributed by atoms with Gasteiger partial charge in [-0.3, -0.25) is 4.79 Å². The Labute approximate surface area is 102 Å². The van der Waals surface area contributed by atoms with Gasteiger partial charge in [-0.05, 0) is 0 Å². The summed E-state index contributed by atoms with van der Waals surface area (Å²) in [5.74, 6) is -2.44. The van der Waals surface area contributed by atoms with Crippen LogP contribution in [-0.4, -0.2) is 16.1 Å². The zero-order valence-electron chi connectivity index (χ0n) is 10.3. The third-order valence-corrected chi connectivity index (χ3v) is 2.22. The monoisotopic (exact) mass is 265 g/mol. The average molecular weight is 265 g/mol. The van der Waals surface area contributed by atoms with Crippen molar-refractivity contribution < 1.29 is 27.5 Å². The highest BCUT2D eigenvalue weighted by molar-refractivity contribution is 5.67. The van der Waals surface area contributed by atoms with Gasteiger partial charge in [0.2, 0.25) is 0 Å². The van der Waals surface area contributed by atoms with E-state index < -0.39 is 23.5 Å². The molecule has 7 heteroatoms. The molecule has 0 spiro atoms. The van der Waals surface area contributed by atoms with Gasteiger partial charge in [0.15, 0.2) is 0 Å². The van der Waals surface area contributed by atoms with Crippen molar-refractivity contribution in [3.63, 3.8) is 0 Å². The second kappa shape index (κ2) is 4.62. The van der Waals surface area contributed by atoms with Gasteiger partial charge < -0.3 is 9.52 Å². The Kier molecular flexibility index (Phi) is 3.73. The maximum atomic E-state index is 12.5. The fourth-order valence-corrected chi connectivity index (χ4v) is 1.45. The fraction of sp³-hybridized carbons (Fsp3) is 0.636. The van der Waals surface area contributed by atoms with Gasteiger partial charge in [-0.1, -0.05) is 20.8 Å². The third-order valence-electron chi connectivity index (χ3n) is 2.22. The summed E-state index contributed by atoms with van der Waals surface area (Å²) >= 11 is 0. The van der Waals surface area contributed by atoms with Crippen LogP contribution in [0.5, 0.6) is 0 Å². The second-order valence-electron chi connectivity index (χ2n) is 4.93. The lowest BCUT2D eigenvalue weighted by Crippen LogP contribution is -2.15. The van der Waals surface area contributed by atoms with E-state index >= 15 is 0 Å². The summed E-state index contributed by atoms with van der Waals surface area (Å²) in [7, 11) is 0. The molecule has 0 radical (unpaired) electrons. The number of aromatic nitrogens is 1. The number of oxazole rings is 1. The van der Waals surface area contributed by atoms with Gasteiger partial charge in [-0.15, -0.1) is 0 Å². The summed E-state index contributed by atoms with van der Waals surface area (Å²) < 4.78 is 42.1. The molecule has 0 aliphatic heterocycles. The first-order chi connectivity index (χ1) is 8.01. The Balaban J connectivity index is 3.14. The highest BCUT2D eigenvalue weighted by Crippen LogP contribution is 2.34. The Morgan fingerprint density at radius 1 is 1.33 bits per heavy atom. The SMILES string of the molecule is CC(C)(C)c1nc(C(F)(F)F)oc1CCC(=O)O. The van der Waals surface area contributed by atoms with E-state index in [1.807, 2.05) is 0 Å². The van der Waals surface area contributed by atoms with Gasteiger partial charge in [-0.25, -0.2) is 4.98 Å². The lowest BCUT2D eigenvalue weighted by Gasteiger charge is -2.15. The van der Waals surface area contributed by atoms with Crippen molar-refractivity contribution in [3.8, 4) is 0 Å². The molecule has 1 aromatic rings. The zero-order valence-corrected chi connectivity index (χ0v) is 10.3. The summed E-state index contributed by atoms with van der Waals surface area (Å²) in [6.07, 6.45) is -5.07. The number of hydrogen-bond donors (Lipinski definition) is 1. The van der Waals surface area contributed by atoms with E-state index in [1.54, 1.807) is 20.8 Å². The minimum Gasteiger partial charge on any atom is -0.481 e. The van der Waals surface area contributed by atoms with Crippen molar-refractivity contribution >= 4 is 5.97 Å². The number of alkyl halides is 3. The minimum absolute atomic E-state index is 0.0165. The maximum absolute atomic E-state index is 12.5. The van der Waals surface area contributed by atoms with Crippen LogP contribution in [0, 0.1) is 0 Å². The number of aryl methyl sites for hydroxylation is 1. The first kappa shape index (κ1) is 14.5. The zero-order chi connectivity index (χ0) is 14.1. The molecule has 1 N–H and O–H groups in total. The van der Waals surface area contributed by atoms with E-state index in [9.17, 15) is 18.0 Å². The van der Waals surface area contributed by atoms with Crippen molar-refractivity contribution in [2.24, 2.45) is 0 Å². The van der Waals surface area contributed by atoms with Crippen LogP contribution in [0.25, 0.3) is 0 Å². The quantitative estimate of drug-likeness (QED) is 0.912. The van der Waals surface area contributed by atoms with Crippen LogP contribution in [0.3, 0.4) is 0 Å². The van der Waals surface area contributed by atoms with Crippen molar-refractivity contribution in [2.75, 3.05) is 0 Å². The van der Waals surface area contributed by atoms with Gasteiger partial charge in [0.05, 0.1) is 12.1 Å². The smallest absolute Gasteiger partial charge is 0.468 e. The van der Waals surface area contributed by atoms with E-state index in [2.05, 4.69) is 9.40 Å². The Morgan fingerprint density at radius 2 is 1.89 bits per heavy atom. The van der Waals surface area contributed by atoms with Gasteiger partial charge in [-0.2, -0.15) is 13.2 Å². The summed E-state index contributed by atoms with van der Waals surface area (Å²) in [5, 5.41) is 8.55. The summed E-state index contributed by atoms with van der Waals surface area (Å²) in [5.41, 5.74) is -0.489. The Morgan fingerprint density at radius 3 is 2.28 bits per heavy atom. The molecular weight excluding hydrogens is 251 g/mol. The van der Waals surface area contributed by atoms with Crippen molar-refractivity contribution in [1.29, 1.82) is 0 Å². The molecule has 1 heterocycles. The number of carboxylic acids is 1. The van der Waals surface area contributed by atoms with Gasteiger partial charge in [0.25, 0.3) is 0 Å². The molecule has 0 bridgehead atoms. The predicted molar refractivity (Wildman–Crippen MR) is 56.2 cm³/mol. The van der Waals surface area contributed by atoms with E-state index in [0.29, 0.717) is 0 Å². The third kappa shape index (κ3) is 3.48. The largest absolute Gasteiger partial charge is 0.481 e. The summed E-state index contributed by atoms with van der Waals surface area (Å²) in [6, 6.07) is 0. The number of rotatable bonds is 3. The molecule has 1 rings (SSSR count). The number of carboxylic acid groups (broad SMARTS) is 1. The molecule has 0 aliphatic rings. The molecule has 0 saturated heterocycles. The predicted octanol–water partition coefficient (Wildman–Crippen LogP) is 3.01. The first-order valence-electron chi connectivity index (χ1n) is 5.31. The van der Waals surface area contributed by atoms with Gasteiger partial charge in [0.1, 0.15) is 5.76 Å². The molecule has 102 valence electrons. The van der Waals surface area contributed by atoms with Crippen LogP contribution >= 0.6 is 0 Å². The first-order valence-corrected chi connectivity index (χ1v) is 5.31. The molecule has 0 unspecified atom stereocenters. The van der Waals surface area contributed by atoms with Crippen LogP contribution in [0.4, 0.5) is 13.2 Å². The van der Waals surface area contributed by atoms with Crippen LogP contribution in [-0.2, 0) is 22.8 Å². The van der Waals surface area contributed by atoms with Crippen LogP contribution < -0.4 is 0 Å². The minimum atomic E-state index is -4.67. The van der Waals surface area contributed by atoms with Gasteiger partial charge >= 0.3 is 18.0 Å². The van der Waals surface area contributed by atoms with Crippen molar-refractivity contribution in [3.05, 3.63) is 17.3 Å². The molecule has 0 amide bonds. The molecular formula is C11H14F3NO3. The van der Waals surface area contributed by atoms with E-state index in [-0.39, 0.29) is 24.3 Å².